The quantitative estimate of drug-likeness (QED) is 0.159. The van der Waals surface area contributed by atoms with E-state index in [1.54, 1.807) is 11.1 Å². The molecule has 0 bridgehead atoms. The second kappa shape index (κ2) is 11.7. The van der Waals surface area contributed by atoms with E-state index >= 15 is 0 Å². The molecule has 1 spiro atoms. The second-order valence-electron chi connectivity index (χ2n) is 14.6. The molecule has 8 rings (SSSR count). The standard InChI is InChI=1S/C45H42P2/c1-43(2)31-45(41-37(43)27-17-29-39(41)46(33-19-9-5-10-20-33)34-21-11-6-12-22-34)32-44(3,4)38-28-18-30-40(42(38)45)47(35-23-13-7-14-24-35)36-25-15-8-16-26-36/h5-30H,31-32H2,1-4H3. The smallest absolute Gasteiger partial charge is 0.0238 e. The van der Waals surface area contributed by atoms with Crippen molar-refractivity contribution in [3.05, 3.63) is 180 Å². The number of benzene rings is 6. The first-order chi connectivity index (χ1) is 22.8. The largest absolute Gasteiger partial charge is 0.0622 e. The number of hydrogen-bond acceptors (Lipinski definition) is 0. The summed E-state index contributed by atoms with van der Waals surface area (Å²) in [7, 11) is -1.52. The molecule has 0 radical (unpaired) electrons. The monoisotopic (exact) mass is 644 g/mol. The molecule has 0 amide bonds. The van der Waals surface area contributed by atoms with E-state index in [1.807, 2.05) is 0 Å². The molecule has 0 nitrogen and oxygen atoms in total. The summed E-state index contributed by atoms with van der Waals surface area (Å²) >= 11 is 0. The summed E-state index contributed by atoms with van der Waals surface area (Å²) in [5.41, 5.74) is 6.31. The van der Waals surface area contributed by atoms with Crippen molar-refractivity contribution in [2.75, 3.05) is 0 Å². The Bertz CT molecular complexity index is 1800. The zero-order valence-corrected chi connectivity index (χ0v) is 29.6. The van der Waals surface area contributed by atoms with Gasteiger partial charge in [0.1, 0.15) is 0 Å². The van der Waals surface area contributed by atoms with E-state index in [0.29, 0.717) is 0 Å². The molecular weight excluding hydrogens is 602 g/mol. The fourth-order valence-corrected chi connectivity index (χ4v) is 14.2. The summed E-state index contributed by atoms with van der Waals surface area (Å²) in [5.74, 6) is 0. The molecule has 2 aliphatic rings. The van der Waals surface area contributed by atoms with Gasteiger partial charge in [-0.05, 0) is 93.6 Å². The van der Waals surface area contributed by atoms with Gasteiger partial charge in [-0.2, -0.15) is 0 Å². The van der Waals surface area contributed by atoms with E-state index < -0.39 is 15.8 Å². The fraction of sp³-hybridized carbons (Fsp3) is 0.200. The summed E-state index contributed by atoms with van der Waals surface area (Å²) in [4.78, 5) is 0. The third kappa shape index (κ3) is 5.05. The lowest BCUT2D eigenvalue weighted by atomic mass is 9.72. The van der Waals surface area contributed by atoms with E-state index in [0.717, 1.165) is 12.8 Å². The molecule has 47 heavy (non-hydrogen) atoms. The Labute approximate surface area is 283 Å². The van der Waals surface area contributed by atoms with Gasteiger partial charge in [-0.15, -0.1) is 0 Å². The molecule has 0 fully saturated rings. The predicted octanol–water partition coefficient (Wildman–Crippen LogP) is 8.85. The zero-order chi connectivity index (χ0) is 32.2. The Morgan fingerprint density at radius 1 is 0.362 bits per heavy atom. The molecule has 2 heteroatoms. The van der Waals surface area contributed by atoms with Crippen LogP contribution in [0.3, 0.4) is 0 Å². The molecule has 0 atom stereocenters. The third-order valence-electron chi connectivity index (χ3n) is 10.5. The van der Waals surface area contributed by atoms with E-state index in [-0.39, 0.29) is 16.2 Å². The molecular formula is C45H42P2. The summed E-state index contributed by atoms with van der Waals surface area (Å²) in [6.07, 6.45) is 2.25. The van der Waals surface area contributed by atoms with Crippen molar-refractivity contribution in [1.29, 1.82) is 0 Å². The van der Waals surface area contributed by atoms with E-state index in [4.69, 9.17) is 0 Å². The molecule has 0 N–H and O–H groups in total. The summed E-state index contributed by atoms with van der Waals surface area (Å²) < 4.78 is 0. The van der Waals surface area contributed by atoms with Gasteiger partial charge in [-0.25, -0.2) is 0 Å². The van der Waals surface area contributed by atoms with Gasteiger partial charge in [0.25, 0.3) is 0 Å². The average molecular weight is 645 g/mol. The van der Waals surface area contributed by atoms with Crippen LogP contribution >= 0.6 is 15.8 Å². The van der Waals surface area contributed by atoms with E-state index in [9.17, 15) is 0 Å². The zero-order valence-electron chi connectivity index (χ0n) is 27.8. The van der Waals surface area contributed by atoms with Crippen molar-refractivity contribution in [2.45, 2.75) is 56.8 Å². The van der Waals surface area contributed by atoms with Gasteiger partial charge in [0.05, 0.1) is 0 Å². The van der Waals surface area contributed by atoms with Crippen molar-refractivity contribution in [3.8, 4) is 0 Å². The van der Waals surface area contributed by atoms with Crippen LogP contribution in [0.25, 0.3) is 0 Å². The predicted molar refractivity (Wildman–Crippen MR) is 206 cm³/mol. The first-order valence-electron chi connectivity index (χ1n) is 16.9. The highest BCUT2D eigenvalue weighted by Crippen LogP contribution is 2.64. The van der Waals surface area contributed by atoms with Crippen LogP contribution in [0, 0.1) is 0 Å². The lowest BCUT2D eigenvalue weighted by Gasteiger charge is -2.36. The maximum absolute atomic E-state index is 2.50. The maximum atomic E-state index is 2.50. The number of rotatable bonds is 6. The minimum atomic E-state index is -0.760. The normalized spacial score (nSPS) is 16.8. The van der Waals surface area contributed by atoms with Crippen LogP contribution in [-0.4, -0.2) is 0 Å². The van der Waals surface area contributed by atoms with Crippen molar-refractivity contribution in [1.82, 2.24) is 0 Å². The third-order valence-corrected chi connectivity index (χ3v) is 15.5. The number of hydrogen-bond donors (Lipinski definition) is 0. The van der Waals surface area contributed by atoms with Gasteiger partial charge in [0.15, 0.2) is 0 Å². The van der Waals surface area contributed by atoms with Gasteiger partial charge in [0.2, 0.25) is 0 Å². The van der Waals surface area contributed by atoms with E-state index in [2.05, 4.69) is 185 Å². The Morgan fingerprint density at radius 2 is 0.660 bits per heavy atom. The molecule has 0 unspecified atom stereocenters. The minimum absolute atomic E-state index is 0.0484. The van der Waals surface area contributed by atoms with Gasteiger partial charge in [-0.3, -0.25) is 0 Å². The lowest BCUT2D eigenvalue weighted by molar-refractivity contribution is 0.351. The van der Waals surface area contributed by atoms with Crippen molar-refractivity contribution in [2.24, 2.45) is 0 Å². The maximum Gasteiger partial charge on any atom is 0.0238 e. The highest BCUT2D eigenvalue weighted by atomic mass is 31.1. The van der Waals surface area contributed by atoms with Crippen LogP contribution in [0.15, 0.2) is 158 Å². The first kappa shape index (κ1) is 30.5. The Hall–Kier alpha value is -3.82. The minimum Gasteiger partial charge on any atom is -0.0622 e. The fourth-order valence-electron chi connectivity index (χ4n) is 8.99. The first-order valence-corrected chi connectivity index (χ1v) is 19.6. The van der Waals surface area contributed by atoms with Gasteiger partial charge >= 0.3 is 0 Å². The summed E-state index contributed by atoms with van der Waals surface area (Å²) in [6.45, 7) is 10.0. The molecule has 0 aromatic heterocycles. The Kier molecular flexibility index (Phi) is 7.60. The summed E-state index contributed by atoms with van der Waals surface area (Å²) in [6, 6.07) is 59.8. The van der Waals surface area contributed by atoms with Crippen LogP contribution in [0.2, 0.25) is 0 Å². The topological polar surface area (TPSA) is 0 Å². The van der Waals surface area contributed by atoms with Gasteiger partial charge in [-0.1, -0.05) is 185 Å². The van der Waals surface area contributed by atoms with Gasteiger partial charge < -0.3 is 0 Å². The average Bonchev–Trinajstić information content (AvgIpc) is 3.47. The molecule has 6 aromatic carbocycles. The van der Waals surface area contributed by atoms with Crippen molar-refractivity contribution < 1.29 is 0 Å². The van der Waals surface area contributed by atoms with Crippen LogP contribution < -0.4 is 31.8 Å². The SMILES string of the molecule is CC1(C)CC2(CC(C)(C)c3cccc(P(c4ccccc4)c4ccccc4)c32)c2c(P(c3ccccc3)c3ccccc3)cccc21. The second-order valence-corrected chi connectivity index (χ2v) is 19.0. The van der Waals surface area contributed by atoms with Gasteiger partial charge in [0, 0.05) is 5.41 Å². The molecule has 0 saturated heterocycles. The van der Waals surface area contributed by atoms with Crippen molar-refractivity contribution in [3.63, 3.8) is 0 Å². The van der Waals surface area contributed by atoms with Crippen LogP contribution in [-0.2, 0) is 16.2 Å². The van der Waals surface area contributed by atoms with E-state index in [1.165, 1.54) is 43.0 Å². The Morgan fingerprint density at radius 3 is 0.957 bits per heavy atom. The molecule has 0 aliphatic heterocycles. The molecule has 0 heterocycles. The molecule has 0 saturated carbocycles. The van der Waals surface area contributed by atoms with Crippen LogP contribution in [0.1, 0.15) is 62.8 Å². The van der Waals surface area contributed by atoms with Crippen LogP contribution in [0.5, 0.6) is 0 Å². The Balaban J connectivity index is 1.45. The lowest BCUT2D eigenvalue weighted by Crippen LogP contribution is -2.36. The van der Waals surface area contributed by atoms with Crippen LogP contribution in [0.4, 0.5) is 0 Å². The van der Waals surface area contributed by atoms with Crippen molar-refractivity contribution >= 4 is 47.7 Å². The molecule has 2 aliphatic carbocycles. The molecule has 232 valence electrons. The highest BCUT2D eigenvalue weighted by molar-refractivity contribution is 7.80. The summed E-state index contributed by atoms with van der Waals surface area (Å²) in [5, 5.41) is 8.74. The molecule has 6 aromatic rings. The number of fused-ring (bicyclic) bond motifs is 4. The highest BCUT2D eigenvalue weighted by Gasteiger charge is 2.58.